The smallest absolute Gasteiger partial charge is 0.338 e. The van der Waals surface area contributed by atoms with Crippen molar-refractivity contribution in [2.45, 2.75) is 44.3 Å². The van der Waals surface area contributed by atoms with Gasteiger partial charge in [-0.1, -0.05) is 17.7 Å². The van der Waals surface area contributed by atoms with E-state index in [1.54, 1.807) is 0 Å². The Bertz CT molecular complexity index is 467. The largest absolute Gasteiger partial charge is 0.458 e. The second kappa shape index (κ2) is 3.84. The number of fused-ring (bicyclic) bond motifs is 3. The molecule has 3 atom stereocenters. The lowest BCUT2D eigenvalue weighted by Gasteiger charge is -2.38. The first-order valence-electron chi connectivity index (χ1n) is 6.15. The predicted molar refractivity (Wildman–Crippen MR) is 63.0 cm³/mol. The molecule has 0 aromatic heterocycles. The Morgan fingerprint density at radius 1 is 1.35 bits per heavy atom. The quantitative estimate of drug-likeness (QED) is 0.697. The van der Waals surface area contributed by atoms with Gasteiger partial charge in [0.25, 0.3) is 0 Å². The third kappa shape index (κ3) is 1.75. The molecule has 0 spiro atoms. The van der Waals surface area contributed by atoms with Crippen LogP contribution in [0.25, 0.3) is 0 Å². The summed E-state index contributed by atoms with van der Waals surface area (Å²) in [4.78, 5) is 11.9. The number of esters is 1. The van der Waals surface area contributed by atoms with Gasteiger partial charge in [-0.05, 0) is 31.4 Å². The fourth-order valence-electron chi connectivity index (χ4n) is 2.97. The third-order valence-electron chi connectivity index (χ3n) is 3.85. The summed E-state index contributed by atoms with van der Waals surface area (Å²) in [7, 11) is 0. The lowest BCUT2D eigenvalue weighted by Crippen LogP contribution is -2.38. The maximum absolute atomic E-state index is 11.9. The van der Waals surface area contributed by atoms with Crippen LogP contribution in [0.4, 0.5) is 0 Å². The highest BCUT2D eigenvalue weighted by atomic mass is 16.5. The van der Waals surface area contributed by atoms with Crippen LogP contribution in [0.5, 0.6) is 0 Å². The number of hydrogen-bond acceptors (Lipinski definition) is 3. The number of carbonyl (C=O) groups is 1. The molecule has 1 heterocycles. The van der Waals surface area contributed by atoms with Crippen LogP contribution in [0, 0.1) is 6.92 Å². The van der Waals surface area contributed by atoms with E-state index in [0.717, 1.165) is 24.0 Å². The standard InChI is InChI=1S/C14H16O3/c1-8-2-4-10-11-5-3-9(15)7-13(11)17-14(16)12(10)6-8/h2,4,6,9,11,13,15H,3,5,7H2,1H3/t9-,11+,13+/m0/s1. The number of benzene rings is 1. The van der Waals surface area contributed by atoms with Crippen molar-refractivity contribution in [1.82, 2.24) is 0 Å². The van der Waals surface area contributed by atoms with Crippen LogP contribution < -0.4 is 0 Å². The molecule has 17 heavy (non-hydrogen) atoms. The van der Waals surface area contributed by atoms with Crippen molar-refractivity contribution in [1.29, 1.82) is 0 Å². The van der Waals surface area contributed by atoms with E-state index in [9.17, 15) is 9.90 Å². The van der Waals surface area contributed by atoms with Gasteiger partial charge in [0.05, 0.1) is 11.7 Å². The van der Waals surface area contributed by atoms with E-state index in [0.29, 0.717) is 12.0 Å². The van der Waals surface area contributed by atoms with Gasteiger partial charge >= 0.3 is 5.97 Å². The van der Waals surface area contributed by atoms with Gasteiger partial charge in [-0.25, -0.2) is 4.79 Å². The molecule has 2 aliphatic rings. The zero-order chi connectivity index (χ0) is 12.0. The van der Waals surface area contributed by atoms with Crippen molar-refractivity contribution in [2.24, 2.45) is 0 Å². The minimum absolute atomic E-state index is 0.138. The molecule has 0 saturated heterocycles. The number of aliphatic hydroxyl groups excluding tert-OH is 1. The van der Waals surface area contributed by atoms with Crippen molar-refractivity contribution >= 4 is 5.97 Å². The van der Waals surface area contributed by atoms with Crippen LogP contribution in [0.15, 0.2) is 18.2 Å². The molecule has 3 rings (SSSR count). The number of aliphatic hydroxyl groups is 1. The summed E-state index contributed by atoms with van der Waals surface area (Å²) in [5.74, 6) is 0.0331. The van der Waals surface area contributed by atoms with Gasteiger partial charge in [0.2, 0.25) is 0 Å². The lowest BCUT2D eigenvalue weighted by atomic mass is 9.77. The van der Waals surface area contributed by atoms with E-state index in [2.05, 4.69) is 0 Å². The highest BCUT2D eigenvalue weighted by molar-refractivity contribution is 5.92. The Labute approximate surface area is 100 Å². The van der Waals surface area contributed by atoms with E-state index in [1.807, 2.05) is 25.1 Å². The summed E-state index contributed by atoms with van der Waals surface area (Å²) in [5.41, 5.74) is 2.89. The van der Waals surface area contributed by atoms with Gasteiger partial charge in [-0.3, -0.25) is 0 Å². The van der Waals surface area contributed by atoms with Crippen molar-refractivity contribution < 1.29 is 14.6 Å². The molecular weight excluding hydrogens is 216 g/mol. The second-order valence-corrected chi connectivity index (χ2v) is 5.11. The van der Waals surface area contributed by atoms with E-state index >= 15 is 0 Å². The summed E-state index contributed by atoms with van der Waals surface area (Å²) >= 11 is 0. The fourth-order valence-corrected chi connectivity index (χ4v) is 2.97. The molecular formula is C14H16O3. The van der Waals surface area contributed by atoms with Crippen molar-refractivity contribution in [3.8, 4) is 0 Å². The Kier molecular flexibility index (Phi) is 2.44. The number of ether oxygens (including phenoxy) is 1. The topological polar surface area (TPSA) is 46.5 Å². The SMILES string of the molecule is Cc1ccc2c(c1)C(=O)O[C@@H]1C[C@@H](O)CC[C@H]21. The number of rotatable bonds is 0. The predicted octanol–water partition coefficient (Wildman–Crippen LogP) is 2.16. The zero-order valence-electron chi connectivity index (χ0n) is 9.85. The molecule has 1 aromatic rings. The Hall–Kier alpha value is -1.35. The van der Waals surface area contributed by atoms with Gasteiger partial charge in [0, 0.05) is 12.3 Å². The Balaban J connectivity index is 2.03. The van der Waals surface area contributed by atoms with Crippen molar-refractivity contribution in [2.75, 3.05) is 0 Å². The zero-order valence-corrected chi connectivity index (χ0v) is 9.85. The minimum atomic E-state index is -0.323. The molecule has 1 fully saturated rings. The average Bonchev–Trinajstić information content (AvgIpc) is 2.29. The second-order valence-electron chi connectivity index (χ2n) is 5.11. The molecule has 3 heteroatoms. The maximum atomic E-state index is 11.9. The molecule has 0 bridgehead atoms. The molecule has 0 amide bonds. The van der Waals surface area contributed by atoms with Crippen molar-refractivity contribution in [3.63, 3.8) is 0 Å². The summed E-state index contributed by atoms with van der Waals surface area (Å²) in [5, 5.41) is 9.64. The van der Waals surface area contributed by atoms with Gasteiger partial charge < -0.3 is 9.84 Å². The highest BCUT2D eigenvalue weighted by Crippen LogP contribution is 2.40. The number of carbonyl (C=O) groups excluding carboxylic acids is 1. The Morgan fingerprint density at radius 2 is 2.18 bits per heavy atom. The normalized spacial score (nSPS) is 31.4. The van der Waals surface area contributed by atoms with Gasteiger partial charge in [-0.15, -0.1) is 0 Å². The number of hydrogen-bond donors (Lipinski definition) is 1. The van der Waals surface area contributed by atoms with Crippen LogP contribution in [0.1, 0.15) is 46.7 Å². The lowest BCUT2D eigenvalue weighted by molar-refractivity contribution is -0.0181. The molecule has 90 valence electrons. The Morgan fingerprint density at radius 3 is 3.00 bits per heavy atom. The van der Waals surface area contributed by atoms with Crippen LogP contribution in [-0.2, 0) is 4.74 Å². The van der Waals surface area contributed by atoms with E-state index in [-0.39, 0.29) is 24.1 Å². The molecule has 0 unspecified atom stereocenters. The van der Waals surface area contributed by atoms with E-state index in [4.69, 9.17) is 4.74 Å². The summed E-state index contributed by atoms with van der Waals surface area (Å²) in [6, 6.07) is 5.99. The third-order valence-corrected chi connectivity index (χ3v) is 3.85. The van der Waals surface area contributed by atoms with Crippen LogP contribution in [0.3, 0.4) is 0 Å². The van der Waals surface area contributed by atoms with Gasteiger partial charge in [-0.2, -0.15) is 0 Å². The molecule has 1 N–H and O–H groups in total. The van der Waals surface area contributed by atoms with Crippen molar-refractivity contribution in [3.05, 3.63) is 34.9 Å². The average molecular weight is 232 g/mol. The molecule has 1 aromatic carbocycles. The highest BCUT2D eigenvalue weighted by Gasteiger charge is 2.39. The molecule has 1 aliphatic carbocycles. The van der Waals surface area contributed by atoms with E-state index < -0.39 is 0 Å². The first-order chi connectivity index (χ1) is 8.15. The van der Waals surface area contributed by atoms with Crippen LogP contribution in [-0.4, -0.2) is 23.3 Å². The van der Waals surface area contributed by atoms with Gasteiger partial charge in [0.1, 0.15) is 6.10 Å². The molecule has 1 aliphatic heterocycles. The number of aryl methyl sites for hydroxylation is 1. The molecule has 1 saturated carbocycles. The first-order valence-corrected chi connectivity index (χ1v) is 6.15. The molecule has 0 radical (unpaired) electrons. The summed E-state index contributed by atoms with van der Waals surface area (Å²) in [6.07, 6.45) is 1.81. The summed E-state index contributed by atoms with van der Waals surface area (Å²) in [6.45, 7) is 1.98. The van der Waals surface area contributed by atoms with Gasteiger partial charge in [0.15, 0.2) is 0 Å². The van der Waals surface area contributed by atoms with E-state index in [1.165, 1.54) is 0 Å². The van der Waals surface area contributed by atoms with Crippen LogP contribution >= 0.6 is 0 Å². The monoisotopic (exact) mass is 232 g/mol. The van der Waals surface area contributed by atoms with Crippen LogP contribution in [0.2, 0.25) is 0 Å². The minimum Gasteiger partial charge on any atom is -0.458 e. The summed E-state index contributed by atoms with van der Waals surface area (Å²) < 4.78 is 5.44. The fraction of sp³-hybridized carbons (Fsp3) is 0.500. The maximum Gasteiger partial charge on any atom is 0.338 e. The first kappa shape index (κ1) is 10.8. The molecule has 3 nitrogen and oxygen atoms in total.